The topological polar surface area (TPSA) is 37.4 Å². The molecule has 31 heavy (non-hydrogen) atoms. The zero-order valence-electron chi connectivity index (χ0n) is 18.1. The zero-order chi connectivity index (χ0) is 22.1. The van der Waals surface area contributed by atoms with Crippen LogP contribution in [0.1, 0.15) is 63.9 Å². The number of imide groups is 1. The first-order chi connectivity index (χ1) is 15.1. The maximum absolute atomic E-state index is 13.4. The summed E-state index contributed by atoms with van der Waals surface area (Å²) < 4.78 is 13.4. The maximum Gasteiger partial charge on any atom is 0.268 e. The molecule has 0 aliphatic carbocycles. The third kappa shape index (κ3) is 6.30. The number of thioether (sulfide) groups is 1. The van der Waals surface area contributed by atoms with Gasteiger partial charge in [-0.05, 0) is 36.2 Å². The Morgan fingerprint density at radius 3 is 2.03 bits per heavy atom. The van der Waals surface area contributed by atoms with Gasteiger partial charge in [-0.15, -0.1) is 0 Å². The molecule has 2 amide bonds. The molecule has 5 heteroatoms. The van der Waals surface area contributed by atoms with Gasteiger partial charge >= 0.3 is 0 Å². The third-order valence-electron chi connectivity index (χ3n) is 5.46. The molecule has 1 heterocycles. The molecule has 2 aromatic rings. The first-order valence-corrected chi connectivity index (χ1v) is 12.0. The summed E-state index contributed by atoms with van der Waals surface area (Å²) in [5.74, 6) is -0.895. The average molecular weight is 440 g/mol. The number of benzene rings is 2. The van der Waals surface area contributed by atoms with Crippen molar-refractivity contribution in [1.29, 1.82) is 0 Å². The zero-order valence-corrected chi connectivity index (χ0v) is 18.9. The van der Waals surface area contributed by atoms with Crippen molar-refractivity contribution in [3.63, 3.8) is 0 Å². The van der Waals surface area contributed by atoms with Crippen LogP contribution in [0.2, 0.25) is 0 Å². The molecule has 0 unspecified atom stereocenters. The average Bonchev–Trinajstić information content (AvgIpc) is 3.01. The molecule has 164 valence electrons. The summed E-state index contributed by atoms with van der Waals surface area (Å²) in [5.41, 5.74) is 0.954. The highest BCUT2D eigenvalue weighted by atomic mass is 32.2. The lowest BCUT2D eigenvalue weighted by molar-refractivity contribution is -0.136. The van der Waals surface area contributed by atoms with Gasteiger partial charge in [0.05, 0.1) is 10.5 Å². The molecule has 1 aliphatic heterocycles. The molecule has 3 rings (SSSR count). The standard InChI is InChI=1S/C26H30FNO2S/c1-2-3-4-5-6-7-8-12-19-28-25(29)23(20-15-17-21(27)18-16-20)24(26(28)30)31-22-13-10-9-11-14-22/h9-11,13-18H,2-8,12,19H2,1H3. The molecule has 0 N–H and O–H groups in total. The summed E-state index contributed by atoms with van der Waals surface area (Å²) in [7, 11) is 0. The molecule has 0 spiro atoms. The van der Waals surface area contributed by atoms with Crippen molar-refractivity contribution in [3.8, 4) is 0 Å². The van der Waals surface area contributed by atoms with Crippen LogP contribution in [0.5, 0.6) is 0 Å². The van der Waals surface area contributed by atoms with Crippen LogP contribution in [0.4, 0.5) is 4.39 Å². The van der Waals surface area contributed by atoms with E-state index in [0.29, 0.717) is 22.6 Å². The second-order valence-electron chi connectivity index (χ2n) is 7.86. The summed E-state index contributed by atoms with van der Waals surface area (Å²) in [6, 6.07) is 15.3. The van der Waals surface area contributed by atoms with Gasteiger partial charge in [-0.2, -0.15) is 0 Å². The second-order valence-corrected chi connectivity index (χ2v) is 8.95. The number of hydrogen-bond donors (Lipinski definition) is 0. The summed E-state index contributed by atoms with van der Waals surface area (Å²) in [6.45, 7) is 2.64. The predicted octanol–water partition coefficient (Wildman–Crippen LogP) is 6.84. The number of rotatable bonds is 12. The van der Waals surface area contributed by atoms with E-state index in [2.05, 4.69) is 6.92 Å². The van der Waals surface area contributed by atoms with Crippen molar-refractivity contribution in [2.24, 2.45) is 0 Å². The van der Waals surface area contributed by atoms with E-state index in [9.17, 15) is 14.0 Å². The Labute approximate surface area is 188 Å². The highest BCUT2D eigenvalue weighted by molar-refractivity contribution is 8.04. The van der Waals surface area contributed by atoms with Crippen molar-refractivity contribution in [2.45, 2.75) is 63.2 Å². The van der Waals surface area contributed by atoms with E-state index in [1.165, 1.54) is 60.9 Å². The van der Waals surface area contributed by atoms with E-state index < -0.39 is 0 Å². The lowest BCUT2D eigenvalue weighted by atomic mass is 10.1. The minimum absolute atomic E-state index is 0.249. The van der Waals surface area contributed by atoms with Crippen molar-refractivity contribution in [2.75, 3.05) is 6.54 Å². The molecule has 0 saturated carbocycles. The van der Waals surface area contributed by atoms with Gasteiger partial charge in [-0.3, -0.25) is 14.5 Å². The van der Waals surface area contributed by atoms with Crippen LogP contribution in [-0.2, 0) is 9.59 Å². The third-order valence-corrected chi connectivity index (χ3v) is 6.55. The summed E-state index contributed by atoms with van der Waals surface area (Å²) in [6.07, 6.45) is 9.22. The number of carbonyl (C=O) groups is 2. The Balaban J connectivity index is 1.68. The molecule has 3 nitrogen and oxygen atoms in total. The summed E-state index contributed by atoms with van der Waals surface area (Å²) in [5, 5.41) is 0. The van der Waals surface area contributed by atoms with Gasteiger partial charge in [-0.1, -0.05) is 94.0 Å². The van der Waals surface area contributed by atoms with Gasteiger partial charge in [-0.25, -0.2) is 4.39 Å². The first-order valence-electron chi connectivity index (χ1n) is 11.2. The molecular formula is C26H30FNO2S. The monoisotopic (exact) mass is 439 g/mol. The van der Waals surface area contributed by atoms with E-state index in [0.717, 1.165) is 24.2 Å². The number of unbranched alkanes of at least 4 members (excludes halogenated alkanes) is 7. The molecule has 1 aliphatic rings. The molecular weight excluding hydrogens is 409 g/mol. The lowest BCUT2D eigenvalue weighted by Gasteiger charge is -2.15. The Kier molecular flexibility index (Phi) is 8.89. The Morgan fingerprint density at radius 2 is 1.39 bits per heavy atom. The first kappa shape index (κ1) is 23.3. The fraction of sp³-hybridized carbons (Fsp3) is 0.385. The normalized spacial score (nSPS) is 14.1. The molecule has 0 fully saturated rings. The lowest BCUT2D eigenvalue weighted by Crippen LogP contribution is -2.32. The van der Waals surface area contributed by atoms with Crippen molar-refractivity contribution in [1.82, 2.24) is 4.90 Å². The van der Waals surface area contributed by atoms with Crippen LogP contribution in [0.3, 0.4) is 0 Å². The minimum atomic E-state index is -0.367. The number of nitrogens with zero attached hydrogens (tertiary/aromatic N) is 1. The molecule has 0 aromatic heterocycles. The highest BCUT2D eigenvalue weighted by Gasteiger charge is 2.39. The van der Waals surface area contributed by atoms with Crippen molar-refractivity contribution >= 4 is 29.1 Å². The quantitative estimate of drug-likeness (QED) is 0.268. The smallest absolute Gasteiger partial charge is 0.268 e. The minimum Gasteiger partial charge on any atom is -0.274 e. The molecule has 0 saturated heterocycles. The van der Waals surface area contributed by atoms with Crippen LogP contribution >= 0.6 is 11.8 Å². The van der Waals surface area contributed by atoms with Crippen LogP contribution in [0.15, 0.2) is 64.4 Å². The van der Waals surface area contributed by atoms with Gasteiger partial charge in [0.2, 0.25) is 0 Å². The molecule has 0 atom stereocenters. The van der Waals surface area contributed by atoms with Gasteiger partial charge in [0.1, 0.15) is 5.82 Å². The van der Waals surface area contributed by atoms with Gasteiger partial charge in [0.15, 0.2) is 0 Å². The fourth-order valence-corrected chi connectivity index (χ4v) is 4.77. The SMILES string of the molecule is CCCCCCCCCCN1C(=O)C(Sc2ccccc2)=C(c2ccc(F)cc2)C1=O. The van der Waals surface area contributed by atoms with E-state index in [-0.39, 0.29) is 17.6 Å². The van der Waals surface area contributed by atoms with Gasteiger partial charge in [0.25, 0.3) is 11.8 Å². The predicted molar refractivity (Wildman–Crippen MR) is 125 cm³/mol. The van der Waals surface area contributed by atoms with Crippen LogP contribution in [0.25, 0.3) is 5.57 Å². The van der Waals surface area contributed by atoms with E-state index in [1.54, 1.807) is 12.1 Å². The van der Waals surface area contributed by atoms with E-state index in [1.807, 2.05) is 30.3 Å². The van der Waals surface area contributed by atoms with Crippen molar-refractivity contribution in [3.05, 3.63) is 70.9 Å². The summed E-state index contributed by atoms with van der Waals surface area (Å²) in [4.78, 5) is 29.0. The number of halogens is 1. The van der Waals surface area contributed by atoms with E-state index in [4.69, 9.17) is 0 Å². The maximum atomic E-state index is 13.4. The number of carbonyl (C=O) groups excluding carboxylic acids is 2. The highest BCUT2D eigenvalue weighted by Crippen LogP contribution is 2.39. The Bertz CT molecular complexity index is 909. The molecule has 0 bridgehead atoms. The Hall–Kier alpha value is -2.40. The number of hydrogen-bond acceptors (Lipinski definition) is 3. The van der Waals surface area contributed by atoms with Gasteiger partial charge in [0, 0.05) is 11.4 Å². The van der Waals surface area contributed by atoms with Crippen LogP contribution in [-0.4, -0.2) is 23.3 Å². The molecule has 0 radical (unpaired) electrons. The largest absolute Gasteiger partial charge is 0.274 e. The molecule has 2 aromatic carbocycles. The van der Waals surface area contributed by atoms with Crippen LogP contribution in [0, 0.1) is 5.82 Å². The van der Waals surface area contributed by atoms with Crippen molar-refractivity contribution < 1.29 is 14.0 Å². The van der Waals surface area contributed by atoms with E-state index >= 15 is 0 Å². The fourth-order valence-electron chi connectivity index (χ4n) is 3.73. The van der Waals surface area contributed by atoms with Gasteiger partial charge < -0.3 is 0 Å². The second kappa shape index (κ2) is 11.8. The van der Waals surface area contributed by atoms with Crippen LogP contribution < -0.4 is 0 Å². The Morgan fingerprint density at radius 1 is 0.774 bits per heavy atom. The number of amides is 2. The summed E-state index contributed by atoms with van der Waals surface area (Å²) >= 11 is 1.30.